The second kappa shape index (κ2) is 3.54. The molecule has 1 aromatic heterocycles. The van der Waals surface area contributed by atoms with Crippen molar-refractivity contribution in [2.45, 2.75) is 26.3 Å². The molecule has 0 amide bonds. The molecule has 3 nitrogen and oxygen atoms in total. The number of hydrogen-bond acceptors (Lipinski definition) is 3. The van der Waals surface area contributed by atoms with E-state index in [0.717, 1.165) is 10.2 Å². The first-order valence-corrected chi connectivity index (χ1v) is 4.86. The molecular formula is C9H14BrN3. The lowest BCUT2D eigenvalue weighted by Gasteiger charge is -2.23. The van der Waals surface area contributed by atoms with Gasteiger partial charge < -0.3 is 11.1 Å². The first-order chi connectivity index (χ1) is 5.90. The van der Waals surface area contributed by atoms with E-state index in [2.05, 4.69) is 47.0 Å². The van der Waals surface area contributed by atoms with Crippen molar-refractivity contribution in [2.24, 2.45) is 0 Å². The van der Waals surface area contributed by atoms with Crippen molar-refractivity contribution in [1.82, 2.24) is 4.98 Å². The van der Waals surface area contributed by atoms with E-state index < -0.39 is 0 Å². The van der Waals surface area contributed by atoms with Gasteiger partial charge in [0.2, 0.25) is 0 Å². The number of nitrogen functional groups attached to an aromatic ring is 1. The van der Waals surface area contributed by atoms with Crippen molar-refractivity contribution in [3.8, 4) is 0 Å². The van der Waals surface area contributed by atoms with Crippen molar-refractivity contribution in [2.75, 3.05) is 11.1 Å². The average Bonchev–Trinajstić information content (AvgIpc) is 1.95. The second-order valence-electron chi connectivity index (χ2n) is 3.96. The molecule has 72 valence electrons. The lowest BCUT2D eigenvalue weighted by atomic mass is 10.1. The molecule has 1 heterocycles. The van der Waals surface area contributed by atoms with E-state index in [1.807, 2.05) is 0 Å². The van der Waals surface area contributed by atoms with Gasteiger partial charge in [0.25, 0.3) is 0 Å². The molecule has 3 N–H and O–H groups in total. The van der Waals surface area contributed by atoms with Gasteiger partial charge in [-0.15, -0.1) is 0 Å². The van der Waals surface area contributed by atoms with Crippen LogP contribution in [-0.2, 0) is 0 Å². The van der Waals surface area contributed by atoms with Crippen LogP contribution in [0.2, 0.25) is 0 Å². The van der Waals surface area contributed by atoms with Crippen LogP contribution in [0.4, 0.5) is 11.4 Å². The Labute approximate surface area is 86.9 Å². The van der Waals surface area contributed by atoms with Gasteiger partial charge >= 0.3 is 0 Å². The Morgan fingerprint density at radius 1 is 1.38 bits per heavy atom. The van der Waals surface area contributed by atoms with Gasteiger partial charge in [-0.05, 0) is 36.7 Å². The van der Waals surface area contributed by atoms with Gasteiger partial charge in [-0.3, -0.25) is 4.98 Å². The molecule has 0 radical (unpaired) electrons. The molecular weight excluding hydrogens is 230 g/mol. The van der Waals surface area contributed by atoms with Crippen molar-refractivity contribution in [1.29, 1.82) is 0 Å². The molecule has 0 aromatic carbocycles. The maximum Gasteiger partial charge on any atom is 0.0754 e. The Bertz CT molecular complexity index is 284. The fourth-order valence-electron chi connectivity index (χ4n) is 0.957. The minimum Gasteiger partial charge on any atom is -0.396 e. The number of rotatable bonds is 1. The third-order valence-electron chi connectivity index (χ3n) is 1.43. The fraction of sp³-hybridized carbons (Fsp3) is 0.444. The molecule has 13 heavy (non-hydrogen) atoms. The normalized spacial score (nSPS) is 11.4. The summed E-state index contributed by atoms with van der Waals surface area (Å²) in [6.45, 7) is 6.25. The zero-order chi connectivity index (χ0) is 10.1. The van der Waals surface area contributed by atoms with Crippen molar-refractivity contribution in [3.63, 3.8) is 0 Å². The highest BCUT2D eigenvalue weighted by atomic mass is 79.9. The van der Waals surface area contributed by atoms with Gasteiger partial charge in [0.15, 0.2) is 0 Å². The van der Waals surface area contributed by atoms with E-state index in [1.54, 1.807) is 12.4 Å². The van der Waals surface area contributed by atoms with E-state index in [-0.39, 0.29) is 5.54 Å². The summed E-state index contributed by atoms with van der Waals surface area (Å²) in [6.07, 6.45) is 3.36. The molecule has 0 atom stereocenters. The minimum absolute atomic E-state index is 0.00199. The number of aromatic nitrogens is 1. The highest BCUT2D eigenvalue weighted by molar-refractivity contribution is 9.10. The van der Waals surface area contributed by atoms with Gasteiger partial charge in [0.1, 0.15) is 0 Å². The maximum absolute atomic E-state index is 5.77. The quantitative estimate of drug-likeness (QED) is 0.798. The van der Waals surface area contributed by atoms with Gasteiger partial charge in [0, 0.05) is 11.7 Å². The molecule has 0 saturated heterocycles. The summed E-state index contributed by atoms with van der Waals surface area (Å²) in [4.78, 5) is 3.96. The molecule has 0 aliphatic heterocycles. The molecule has 0 saturated carbocycles. The van der Waals surface area contributed by atoms with E-state index in [9.17, 15) is 0 Å². The van der Waals surface area contributed by atoms with Crippen LogP contribution >= 0.6 is 15.9 Å². The number of nitrogens with zero attached hydrogens (tertiary/aromatic N) is 1. The van der Waals surface area contributed by atoms with E-state index >= 15 is 0 Å². The molecule has 0 bridgehead atoms. The summed E-state index contributed by atoms with van der Waals surface area (Å²) in [6, 6.07) is 0. The summed E-state index contributed by atoms with van der Waals surface area (Å²) >= 11 is 3.39. The smallest absolute Gasteiger partial charge is 0.0754 e. The van der Waals surface area contributed by atoms with Crippen LogP contribution in [0.3, 0.4) is 0 Å². The first-order valence-electron chi connectivity index (χ1n) is 4.07. The summed E-state index contributed by atoms with van der Waals surface area (Å²) in [5.74, 6) is 0. The Morgan fingerprint density at radius 3 is 2.46 bits per heavy atom. The average molecular weight is 244 g/mol. The monoisotopic (exact) mass is 243 g/mol. The Morgan fingerprint density at radius 2 is 2.00 bits per heavy atom. The number of nitrogens with one attached hydrogen (secondary N) is 1. The van der Waals surface area contributed by atoms with Gasteiger partial charge in [-0.2, -0.15) is 0 Å². The number of hydrogen-bond donors (Lipinski definition) is 2. The molecule has 0 fully saturated rings. The van der Waals surface area contributed by atoms with E-state index in [0.29, 0.717) is 5.69 Å². The molecule has 0 spiro atoms. The van der Waals surface area contributed by atoms with Crippen LogP contribution in [0.5, 0.6) is 0 Å². The molecule has 1 aromatic rings. The molecule has 1 rings (SSSR count). The van der Waals surface area contributed by atoms with Crippen LogP contribution in [-0.4, -0.2) is 10.5 Å². The highest BCUT2D eigenvalue weighted by Crippen LogP contribution is 2.29. The topological polar surface area (TPSA) is 50.9 Å². The summed E-state index contributed by atoms with van der Waals surface area (Å²) in [5, 5.41) is 3.31. The largest absolute Gasteiger partial charge is 0.396 e. The van der Waals surface area contributed by atoms with E-state index in [1.165, 1.54) is 0 Å². The molecule has 4 heteroatoms. The van der Waals surface area contributed by atoms with E-state index in [4.69, 9.17) is 5.73 Å². The van der Waals surface area contributed by atoms with Crippen LogP contribution in [0.1, 0.15) is 20.8 Å². The van der Waals surface area contributed by atoms with Gasteiger partial charge in [-0.25, -0.2) is 0 Å². The molecule has 0 unspecified atom stereocenters. The molecule has 0 aliphatic carbocycles. The number of halogens is 1. The van der Waals surface area contributed by atoms with Crippen LogP contribution in [0.25, 0.3) is 0 Å². The third kappa shape index (κ3) is 2.88. The van der Waals surface area contributed by atoms with Gasteiger partial charge in [-0.1, -0.05) is 0 Å². The third-order valence-corrected chi connectivity index (χ3v) is 2.03. The van der Waals surface area contributed by atoms with Crippen molar-refractivity contribution >= 4 is 27.3 Å². The van der Waals surface area contributed by atoms with Crippen LogP contribution < -0.4 is 11.1 Å². The zero-order valence-corrected chi connectivity index (χ0v) is 9.64. The van der Waals surface area contributed by atoms with Crippen molar-refractivity contribution in [3.05, 3.63) is 16.9 Å². The SMILES string of the molecule is CC(C)(C)Nc1c(N)cncc1Br. The van der Waals surface area contributed by atoms with Crippen LogP contribution in [0.15, 0.2) is 16.9 Å². The Kier molecular flexibility index (Phi) is 2.81. The zero-order valence-electron chi connectivity index (χ0n) is 8.06. The lowest BCUT2D eigenvalue weighted by molar-refractivity contribution is 0.634. The standard InChI is InChI=1S/C9H14BrN3/c1-9(2,3)13-8-6(10)4-12-5-7(8)11/h4-5H,11H2,1-3H3,(H,12,13). The maximum atomic E-state index is 5.77. The summed E-state index contributed by atoms with van der Waals surface area (Å²) in [5.41, 5.74) is 7.33. The number of pyridine rings is 1. The van der Waals surface area contributed by atoms with Crippen LogP contribution in [0, 0.1) is 0 Å². The number of nitrogens with two attached hydrogens (primary N) is 1. The lowest BCUT2D eigenvalue weighted by Crippen LogP contribution is -2.26. The van der Waals surface area contributed by atoms with Gasteiger partial charge in [0.05, 0.1) is 22.0 Å². The molecule has 0 aliphatic rings. The minimum atomic E-state index is -0.00199. The predicted molar refractivity (Wildman–Crippen MR) is 59.7 cm³/mol. The predicted octanol–water partition coefficient (Wildman–Crippen LogP) is 2.64. The first kappa shape index (κ1) is 10.3. The van der Waals surface area contributed by atoms with Crippen molar-refractivity contribution < 1.29 is 0 Å². The Hall–Kier alpha value is -0.770. The Balaban J connectivity index is 3.00. The summed E-state index contributed by atoms with van der Waals surface area (Å²) < 4.78 is 0.891. The fourth-order valence-corrected chi connectivity index (χ4v) is 1.40. The highest BCUT2D eigenvalue weighted by Gasteiger charge is 2.13. The number of anilines is 2. The summed E-state index contributed by atoms with van der Waals surface area (Å²) in [7, 11) is 0. The second-order valence-corrected chi connectivity index (χ2v) is 4.81.